The Morgan fingerprint density at radius 3 is 2.90 bits per heavy atom. The number of nitrogens with zero attached hydrogens (tertiary/aromatic N) is 3. The van der Waals surface area contributed by atoms with Crippen molar-refractivity contribution in [2.24, 2.45) is 0 Å². The molecule has 0 aliphatic carbocycles. The predicted octanol–water partition coefficient (Wildman–Crippen LogP) is 4.26. The highest BCUT2D eigenvalue weighted by Gasteiger charge is 2.25. The summed E-state index contributed by atoms with van der Waals surface area (Å²) in [6.45, 7) is 4.18. The van der Waals surface area contributed by atoms with Crippen LogP contribution in [0.5, 0.6) is 0 Å². The Morgan fingerprint density at radius 2 is 2.20 bits per heavy atom. The lowest BCUT2D eigenvalue weighted by molar-refractivity contribution is 0.212. The van der Waals surface area contributed by atoms with E-state index in [-0.39, 0.29) is 5.38 Å². The number of alkyl halides is 1. The van der Waals surface area contributed by atoms with E-state index in [9.17, 15) is 0 Å². The van der Waals surface area contributed by atoms with Gasteiger partial charge >= 0.3 is 0 Å². The largest absolute Gasteiger partial charge is 0.322 e. The predicted molar refractivity (Wildman–Crippen MR) is 84.8 cm³/mol. The molecule has 3 rings (SSSR count). The third-order valence-corrected chi connectivity index (χ3v) is 4.43. The minimum atomic E-state index is -0.103. The van der Waals surface area contributed by atoms with Gasteiger partial charge in [-0.25, -0.2) is 4.98 Å². The Balaban J connectivity index is 2.14. The zero-order valence-electron chi connectivity index (χ0n) is 11.8. The smallest absolute Gasteiger partial charge is 0.128 e. The summed E-state index contributed by atoms with van der Waals surface area (Å²) in [5.74, 6) is 0.948. The van der Waals surface area contributed by atoms with Gasteiger partial charge in [0.2, 0.25) is 0 Å². The summed E-state index contributed by atoms with van der Waals surface area (Å²) in [7, 11) is 2.17. The summed E-state index contributed by atoms with van der Waals surface area (Å²) in [5.41, 5.74) is 2.07. The van der Waals surface area contributed by atoms with Crippen LogP contribution < -0.4 is 0 Å². The van der Waals surface area contributed by atoms with Gasteiger partial charge in [0.05, 0.1) is 16.4 Å². The lowest BCUT2D eigenvalue weighted by Crippen LogP contribution is -2.34. The quantitative estimate of drug-likeness (QED) is 0.773. The number of aromatic nitrogens is 2. The molecule has 1 fully saturated rings. The fourth-order valence-electron chi connectivity index (χ4n) is 3.10. The first kappa shape index (κ1) is 14.2. The first-order chi connectivity index (χ1) is 9.56. The molecule has 2 heterocycles. The van der Waals surface area contributed by atoms with Crippen LogP contribution in [0, 0.1) is 0 Å². The molecular weight excluding hydrogens is 293 g/mol. The minimum Gasteiger partial charge on any atom is -0.322 e. The summed E-state index contributed by atoms with van der Waals surface area (Å²) >= 11 is 12.5. The van der Waals surface area contributed by atoms with Crippen molar-refractivity contribution in [2.75, 3.05) is 20.1 Å². The lowest BCUT2D eigenvalue weighted by atomic mass is 10.1. The van der Waals surface area contributed by atoms with E-state index < -0.39 is 0 Å². The number of hydrogen-bond donors (Lipinski definition) is 0. The van der Waals surface area contributed by atoms with Crippen molar-refractivity contribution in [1.82, 2.24) is 14.5 Å². The number of likely N-dealkylation sites (N-methyl/N-ethyl adjacent to an activating group) is 1. The number of piperidine rings is 1. The third kappa shape index (κ3) is 2.54. The second-order valence-electron chi connectivity index (χ2n) is 5.65. The van der Waals surface area contributed by atoms with Gasteiger partial charge in [0.25, 0.3) is 0 Å². The topological polar surface area (TPSA) is 21.1 Å². The maximum absolute atomic E-state index is 6.35. The molecule has 0 spiro atoms. The number of hydrogen-bond acceptors (Lipinski definition) is 2. The van der Waals surface area contributed by atoms with Gasteiger partial charge in [-0.15, -0.1) is 11.6 Å². The van der Waals surface area contributed by atoms with Gasteiger partial charge in [0.1, 0.15) is 5.82 Å². The molecule has 0 saturated carbocycles. The van der Waals surface area contributed by atoms with Crippen LogP contribution in [0.1, 0.15) is 37.0 Å². The van der Waals surface area contributed by atoms with Crippen LogP contribution >= 0.6 is 23.2 Å². The number of likely N-dealkylation sites (tertiary alicyclic amines) is 1. The second-order valence-corrected chi connectivity index (χ2v) is 6.74. The lowest BCUT2D eigenvalue weighted by Gasteiger charge is -2.32. The van der Waals surface area contributed by atoms with Crippen molar-refractivity contribution >= 4 is 34.2 Å². The zero-order chi connectivity index (χ0) is 14.3. The van der Waals surface area contributed by atoms with Crippen LogP contribution in [-0.2, 0) is 0 Å². The molecule has 2 aromatic rings. The molecule has 1 aromatic heterocycles. The van der Waals surface area contributed by atoms with E-state index in [2.05, 4.69) is 16.5 Å². The highest BCUT2D eigenvalue weighted by molar-refractivity contribution is 6.31. The van der Waals surface area contributed by atoms with Crippen LogP contribution in [0.25, 0.3) is 11.0 Å². The molecule has 0 amide bonds. The van der Waals surface area contributed by atoms with Crippen molar-refractivity contribution < 1.29 is 0 Å². The molecule has 1 saturated heterocycles. The van der Waals surface area contributed by atoms with Crippen molar-refractivity contribution in [1.29, 1.82) is 0 Å². The maximum Gasteiger partial charge on any atom is 0.128 e. The Kier molecular flexibility index (Phi) is 3.93. The van der Waals surface area contributed by atoms with E-state index in [1.807, 2.05) is 25.1 Å². The fourth-order valence-corrected chi connectivity index (χ4v) is 3.42. The van der Waals surface area contributed by atoms with Gasteiger partial charge in [-0.3, -0.25) is 0 Å². The summed E-state index contributed by atoms with van der Waals surface area (Å²) in [6, 6.07) is 6.29. The van der Waals surface area contributed by atoms with E-state index in [4.69, 9.17) is 28.2 Å². The molecule has 1 aromatic carbocycles. The molecule has 1 aliphatic heterocycles. The molecule has 1 aliphatic rings. The molecule has 3 nitrogen and oxygen atoms in total. The van der Waals surface area contributed by atoms with Crippen molar-refractivity contribution in [2.45, 2.75) is 31.2 Å². The molecular formula is C15H19Cl2N3. The molecule has 5 heteroatoms. The first-order valence-corrected chi connectivity index (χ1v) is 7.87. The fraction of sp³-hybridized carbons (Fsp3) is 0.533. The summed E-state index contributed by atoms with van der Waals surface area (Å²) in [6.07, 6.45) is 2.37. The third-order valence-electron chi connectivity index (χ3n) is 4.00. The molecule has 2 atom stereocenters. The normalized spacial score (nSPS) is 22.3. The molecule has 0 radical (unpaired) electrons. The standard InChI is InChI=1S/C15H19Cl2N3/c1-10(16)15-18-13-6-5-11(17)8-14(13)20(15)12-4-3-7-19(2)9-12/h5-6,8,10,12H,3-4,7,9H2,1-2H3. The van der Waals surface area contributed by atoms with Gasteiger partial charge in [0.15, 0.2) is 0 Å². The number of benzene rings is 1. The molecule has 0 bridgehead atoms. The monoisotopic (exact) mass is 311 g/mol. The van der Waals surface area contributed by atoms with Crippen molar-refractivity contribution in [3.05, 3.63) is 29.0 Å². The summed E-state index contributed by atoms with van der Waals surface area (Å²) in [5, 5.41) is 0.644. The van der Waals surface area contributed by atoms with Gasteiger partial charge in [0, 0.05) is 17.6 Å². The van der Waals surface area contributed by atoms with E-state index in [0.717, 1.165) is 35.0 Å². The van der Waals surface area contributed by atoms with Gasteiger partial charge in [-0.05, 0) is 51.6 Å². The average Bonchev–Trinajstić information content (AvgIpc) is 2.77. The van der Waals surface area contributed by atoms with Gasteiger partial charge in [-0.2, -0.15) is 0 Å². The SMILES string of the molecule is CC(Cl)c1nc2ccc(Cl)cc2n1C1CCCN(C)C1. The highest BCUT2D eigenvalue weighted by Crippen LogP contribution is 2.32. The van der Waals surface area contributed by atoms with E-state index in [1.165, 1.54) is 12.8 Å². The molecule has 0 N–H and O–H groups in total. The number of fused-ring (bicyclic) bond motifs is 1. The second kappa shape index (κ2) is 5.55. The Bertz CT molecular complexity index is 621. The molecule has 2 unspecified atom stereocenters. The summed E-state index contributed by atoms with van der Waals surface area (Å²) in [4.78, 5) is 7.08. The van der Waals surface area contributed by atoms with E-state index in [1.54, 1.807) is 0 Å². The van der Waals surface area contributed by atoms with Gasteiger partial charge < -0.3 is 9.47 Å². The van der Waals surface area contributed by atoms with Crippen LogP contribution in [-0.4, -0.2) is 34.6 Å². The van der Waals surface area contributed by atoms with Gasteiger partial charge in [-0.1, -0.05) is 11.6 Å². The van der Waals surface area contributed by atoms with Crippen LogP contribution in [0.2, 0.25) is 5.02 Å². The molecule has 108 valence electrons. The van der Waals surface area contributed by atoms with Crippen molar-refractivity contribution in [3.63, 3.8) is 0 Å². The van der Waals surface area contributed by atoms with Crippen LogP contribution in [0.3, 0.4) is 0 Å². The minimum absolute atomic E-state index is 0.103. The van der Waals surface area contributed by atoms with E-state index in [0.29, 0.717) is 6.04 Å². The van der Waals surface area contributed by atoms with Crippen LogP contribution in [0.4, 0.5) is 0 Å². The van der Waals surface area contributed by atoms with Crippen LogP contribution in [0.15, 0.2) is 18.2 Å². The molecule has 20 heavy (non-hydrogen) atoms. The highest BCUT2D eigenvalue weighted by atomic mass is 35.5. The maximum atomic E-state index is 6.35. The number of rotatable bonds is 2. The Hall–Kier alpha value is -0.770. The Morgan fingerprint density at radius 1 is 1.40 bits per heavy atom. The number of halogens is 2. The average molecular weight is 312 g/mol. The van der Waals surface area contributed by atoms with Crippen molar-refractivity contribution in [3.8, 4) is 0 Å². The zero-order valence-corrected chi connectivity index (χ0v) is 13.3. The first-order valence-electron chi connectivity index (χ1n) is 7.06. The Labute approximate surface area is 129 Å². The van der Waals surface area contributed by atoms with E-state index >= 15 is 0 Å². The number of imidazole rings is 1. The summed E-state index contributed by atoms with van der Waals surface area (Å²) < 4.78 is 2.30.